The van der Waals surface area contributed by atoms with Crippen LogP contribution < -0.4 is 0 Å². The Hall–Kier alpha value is -2.13. The molecule has 1 aromatic carbocycles. The van der Waals surface area contributed by atoms with Crippen molar-refractivity contribution in [1.82, 2.24) is 9.21 Å². The number of rotatable bonds is 4. The number of piperidine rings is 1. The second-order valence-corrected chi connectivity index (χ2v) is 8.60. The van der Waals surface area contributed by atoms with Gasteiger partial charge in [-0.2, -0.15) is 4.31 Å². The van der Waals surface area contributed by atoms with Crippen LogP contribution >= 0.6 is 0 Å². The van der Waals surface area contributed by atoms with Gasteiger partial charge in [0, 0.05) is 25.7 Å². The first-order valence-electron chi connectivity index (χ1n) is 8.58. The highest BCUT2D eigenvalue weighted by atomic mass is 32.2. The normalized spacial score (nSPS) is 23.7. The Labute approximate surface area is 152 Å². The van der Waals surface area contributed by atoms with E-state index in [1.807, 2.05) is 30.3 Å². The van der Waals surface area contributed by atoms with Gasteiger partial charge in [0.2, 0.25) is 10.0 Å². The van der Waals surface area contributed by atoms with Crippen LogP contribution in [0.5, 0.6) is 0 Å². The maximum Gasteiger partial charge on any atom is 0.410 e. The van der Waals surface area contributed by atoms with E-state index in [0.717, 1.165) is 5.56 Å². The maximum atomic E-state index is 12.3. The quantitative estimate of drug-likeness (QED) is 0.841. The van der Waals surface area contributed by atoms with Crippen molar-refractivity contribution >= 4 is 22.1 Å². The molecular formula is C17H22N2O6S. The summed E-state index contributed by atoms with van der Waals surface area (Å²) < 4.78 is 31.3. The summed E-state index contributed by atoms with van der Waals surface area (Å²) in [5.41, 5.74) is 0.901. The fraction of sp³-hybridized carbons (Fsp3) is 0.529. The first-order chi connectivity index (χ1) is 12.4. The van der Waals surface area contributed by atoms with E-state index in [4.69, 9.17) is 9.84 Å². The van der Waals surface area contributed by atoms with E-state index >= 15 is 0 Å². The lowest BCUT2D eigenvalue weighted by molar-refractivity contribution is -0.136. The summed E-state index contributed by atoms with van der Waals surface area (Å²) in [6, 6.07) is 9.11. The van der Waals surface area contributed by atoms with Crippen molar-refractivity contribution in [3.05, 3.63) is 35.9 Å². The molecule has 2 heterocycles. The van der Waals surface area contributed by atoms with E-state index in [0.29, 0.717) is 25.9 Å². The third kappa shape index (κ3) is 3.83. The number of hydrogen-bond donors (Lipinski definition) is 1. The molecule has 1 N–H and O–H groups in total. The second kappa shape index (κ2) is 7.63. The maximum absolute atomic E-state index is 12.3. The van der Waals surface area contributed by atoms with Gasteiger partial charge in [-0.25, -0.2) is 13.2 Å². The highest BCUT2D eigenvalue weighted by Crippen LogP contribution is 2.29. The minimum atomic E-state index is -3.81. The van der Waals surface area contributed by atoms with E-state index in [2.05, 4.69) is 0 Å². The van der Waals surface area contributed by atoms with Crippen LogP contribution in [0.1, 0.15) is 24.8 Å². The van der Waals surface area contributed by atoms with E-state index in [1.165, 1.54) is 4.31 Å². The molecule has 2 fully saturated rings. The first kappa shape index (κ1) is 18.7. The smallest absolute Gasteiger partial charge is 0.410 e. The summed E-state index contributed by atoms with van der Waals surface area (Å²) in [5, 5.41) is 7.71. The second-order valence-electron chi connectivity index (χ2n) is 6.53. The van der Waals surface area contributed by atoms with E-state index < -0.39 is 27.3 Å². The molecule has 3 rings (SSSR count). The van der Waals surface area contributed by atoms with Crippen LogP contribution in [0.3, 0.4) is 0 Å². The Kier molecular flexibility index (Phi) is 5.47. The van der Waals surface area contributed by atoms with Crippen molar-refractivity contribution in [1.29, 1.82) is 0 Å². The molecule has 0 saturated carbocycles. The van der Waals surface area contributed by atoms with E-state index in [-0.39, 0.29) is 25.6 Å². The molecule has 1 unspecified atom stereocenters. The third-order valence-electron chi connectivity index (χ3n) is 4.91. The molecule has 1 atom stereocenters. The largest absolute Gasteiger partial charge is 0.480 e. The number of carboxylic acids is 1. The fourth-order valence-corrected chi connectivity index (χ4v) is 5.44. The summed E-state index contributed by atoms with van der Waals surface area (Å²) in [5.74, 6) is -1.30. The highest BCUT2D eigenvalue weighted by Gasteiger charge is 2.47. The molecule has 2 aliphatic heterocycles. The predicted octanol–water partition coefficient (Wildman–Crippen LogP) is 1.28. The topological polar surface area (TPSA) is 104 Å². The lowest BCUT2D eigenvalue weighted by Crippen LogP contribution is -2.48. The lowest BCUT2D eigenvalue weighted by atomic mass is 10.1. The van der Waals surface area contributed by atoms with Crippen LogP contribution in [-0.2, 0) is 26.2 Å². The molecule has 142 valence electrons. The number of sulfonamides is 1. The van der Waals surface area contributed by atoms with Crippen LogP contribution in [0.15, 0.2) is 30.3 Å². The average Bonchev–Trinajstić information content (AvgIpc) is 2.95. The van der Waals surface area contributed by atoms with Gasteiger partial charge >= 0.3 is 12.1 Å². The monoisotopic (exact) mass is 382 g/mol. The molecule has 0 bridgehead atoms. The average molecular weight is 382 g/mol. The number of aliphatic carboxylic acids is 1. The summed E-state index contributed by atoms with van der Waals surface area (Å²) in [7, 11) is -3.81. The van der Waals surface area contributed by atoms with Gasteiger partial charge in [0.1, 0.15) is 6.61 Å². The number of carboxylic acid groups (broad SMARTS) is 1. The van der Waals surface area contributed by atoms with Gasteiger partial charge in [0.15, 0.2) is 5.25 Å². The van der Waals surface area contributed by atoms with Gasteiger partial charge in [-0.15, -0.1) is 0 Å². The first-order valence-corrected chi connectivity index (χ1v) is 10.1. The Morgan fingerprint density at radius 1 is 1.08 bits per heavy atom. The Balaban J connectivity index is 1.51. The third-order valence-corrected chi connectivity index (χ3v) is 7.20. The van der Waals surface area contributed by atoms with Crippen molar-refractivity contribution in [3.63, 3.8) is 0 Å². The molecule has 9 heteroatoms. The number of carbonyl (C=O) groups excluding carboxylic acids is 1. The number of nitrogens with zero attached hydrogens (tertiary/aromatic N) is 2. The Bertz CT molecular complexity index is 759. The Morgan fingerprint density at radius 2 is 1.73 bits per heavy atom. The van der Waals surface area contributed by atoms with Crippen LogP contribution in [-0.4, -0.2) is 65.7 Å². The Morgan fingerprint density at radius 3 is 2.31 bits per heavy atom. The molecule has 8 nitrogen and oxygen atoms in total. The van der Waals surface area contributed by atoms with Gasteiger partial charge in [-0.05, 0) is 24.8 Å². The van der Waals surface area contributed by atoms with Crippen LogP contribution in [0, 0.1) is 0 Å². The van der Waals surface area contributed by atoms with Gasteiger partial charge < -0.3 is 14.7 Å². The van der Waals surface area contributed by atoms with E-state index in [1.54, 1.807) is 4.90 Å². The number of benzene rings is 1. The number of likely N-dealkylation sites (tertiary alicyclic amines) is 1. The van der Waals surface area contributed by atoms with Crippen LogP contribution in [0.25, 0.3) is 0 Å². The molecule has 1 amide bonds. The summed E-state index contributed by atoms with van der Waals surface area (Å²) in [6.07, 6.45) is 0.648. The zero-order chi connectivity index (χ0) is 18.7. The molecule has 2 aliphatic rings. The van der Waals surface area contributed by atoms with Gasteiger partial charge in [-0.3, -0.25) is 4.79 Å². The fourth-order valence-electron chi connectivity index (χ4n) is 3.47. The van der Waals surface area contributed by atoms with Gasteiger partial charge in [0.25, 0.3) is 0 Å². The molecule has 0 aromatic heterocycles. The van der Waals surface area contributed by atoms with Gasteiger partial charge in [-0.1, -0.05) is 30.3 Å². The van der Waals surface area contributed by atoms with Crippen LogP contribution in [0.2, 0.25) is 0 Å². The van der Waals surface area contributed by atoms with E-state index in [9.17, 15) is 18.0 Å². The SMILES string of the molecule is O=C(O)C1CCN(C2CCN(C(=O)OCc3ccccc3)CC2)S1(=O)=O. The number of ether oxygens (including phenoxy) is 1. The zero-order valence-electron chi connectivity index (χ0n) is 14.3. The lowest BCUT2D eigenvalue weighted by Gasteiger charge is -2.35. The zero-order valence-corrected chi connectivity index (χ0v) is 15.1. The molecule has 26 heavy (non-hydrogen) atoms. The summed E-state index contributed by atoms with van der Waals surface area (Å²) in [4.78, 5) is 24.8. The molecule has 2 saturated heterocycles. The number of carbonyl (C=O) groups is 2. The van der Waals surface area contributed by atoms with Crippen molar-refractivity contribution in [3.8, 4) is 0 Å². The van der Waals surface area contributed by atoms with Gasteiger partial charge in [0.05, 0.1) is 0 Å². The van der Waals surface area contributed by atoms with Crippen molar-refractivity contribution < 1.29 is 27.9 Å². The van der Waals surface area contributed by atoms with Crippen molar-refractivity contribution in [2.45, 2.75) is 37.2 Å². The molecular weight excluding hydrogens is 360 g/mol. The molecule has 0 radical (unpaired) electrons. The minimum Gasteiger partial charge on any atom is -0.480 e. The molecule has 1 aromatic rings. The summed E-state index contributed by atoms with van der Waals surface area (Å²) in [6.45, 7) is 1.20. The standard InChI is InChI=1S/C17H22N2O6S/c20-16(21)15-8-11-19(26(15,23)24)14-6-9-18(10-7-14)17(22)25-12-13-4-2-1-3-5-13/h1-5,14-15H,6-12H2,(H,20,21). The number of amides is 1. The number of hydrogen-bond acceptors (Lipinski definition) is 5. The summed E-state index contributed by atoms with van der Waals surface area (Å²) >= 11 is 0. The van der Waals surface area contributed by atoms with Crippen molar-refractivity contribution in [2.24, 2.45) is 0 Å². The molecule has 0 aliphatic carbocycles. The molecule has 0 spiro atoms. The van der Waals surface area contributed by atoms with Crippen LogP contribution in [0.4, 0.5) is 4.79 Å². The van der Waals surface area contributed by atoms with Crippen molar-refractivity contribution in [2.75, 3.05) is 19.6 Å². The highest BCUT2D eigenvalue weighted by molar-refractivity contribution is 7.90. The predicted molar refractivity (Wildman–Crippen MR) is 92.9 cm³/mol. The minimum absolute atomic E-state index is 0.108.